The van der Waals surface area contributed by atoms with Gasteiger partial charge >= 0.3 is 20.4 Å². The second kappa shape index (κ2) is 10.4. The number of rotatable bonds is 2. The number of benzene rings is 7. The van der Waals surface area contributed by atoms with Crippen molar-refractivity contribution in [2.45, 2.75) is 41.9 Å². The summed E-state index contributed by atoms with van der Waals surface area (Å²) in [4.78, 5) is 0. The molecule has 6 aliphatic carbocycles. The van der Waals surface area contributed by atoms with E-state index in [0.717, 1.165) is 6.42 Å². The van der Waals surface area contributed by atoms with Gasteiger partial charge in [-0.1, -0.05) is 144 Å². The molecule has 2 unspecified atom stereocenters. The van der Waals surface area contributed by atoms with E-state index in [2.05, 4.69) is 152 Å². The van der Waals surface area contributed by atoms with Crippen LogP contribution in [0.25, 0.3) is 21.5 Å². The Labute approximate surface area is 290 Å². The van der Waals surface area contributed by atoms with Crippen LogP contribution in [0.3, 0.4) is 0 Å². The fraction of sp³-hybridized carbons (Fsp3) is 0.152. The van der Waals surface area contributed by atoms with Gasteiger partial charge in [-0.2, -0.15) is 29.7 Å². The van der Waals surface area contributed by atoms with E-state index in [4.69, 9.17) is 0 Å². The van der Waals surface area contributed by atoms with E-state index in [1.807, 2.05) is 0 Å². The van der Waals surface area contributed by atoms with E-state index >= 15 is 0 Å². The van der Waals surface area contributed by atoms with Crippen molar-refractivity contribution in [3.8, 4) is 0 Å². The van der Waals surface area contributed by atoms with Gasteiger partial charge in [0.05, 0.1) is 0 Å². The van der Waals surface area contributed by atoms with E-state index in [9.17, 15) is 0 Å². The predicted molar refractivity (Wildman–Crippen MR) is 188 cm³/mol. The molecule has 0 spiro atoms. The van der Waals surface area contributed by atoms with E-state index in [-0.39, 0.29) is 26.3 Å². The van der Waals surface area contributed by atoms with Gasteiger partial charge in [0.15, 0.2) is 0 Å². The Bertz CT molecular complexity index is 2290. The number of fused-ring (bicyclic) bond motifs is 4. The first-order valence-corrected chi connectivity index (χ1v) is 16.9. The van der Waals surface area contributed by atoms with E-state index in [0.29, 0.717) is 29.6 Å². The molecule has 6 aliphatic rings. The number of hydrogen-bond acceptors (Lipinski definition) is 0. The maximum Gasteiger partial charge on any atom is 2.00 e. The molecule has 0 heterocycles. The summed E-state index contributed by atoms with van der Waals surface area (Å²) in [5.74, 6) is 2.01. The fourth-order valence-electron chi connectivity index (χ4n) is 10.4. The van der Waals surface area contributed by atoms with E-state index in [1.165, 1.54) is 77.2 Å². The van der Waals surface area contributed by atoms with Crippen LogP contribution in [0.2, 0.25) is 0 Å². The van der Waals surface area contributed by atoms with Crippen molar-refractivity contribution in [3.05, 3.63) is 208 Å². The Morgan fingerprint density at radius 2 is 1.06 bits per heavy atom. The summed E-state index contributed by atoms with van der Waals surface area (Å²) in [5.41, 5.74) is 15.0. The van der Waals surface area contributed by atoms with Crippen LogP contribution >= 0.6 is 0 Å². The molecule has 0 aromatic heterocycles. The van der Waals surface area contributed by atoms with Crippen molar-refractivity contribution in [2.24, 2.45) is 0 Å². The molecule has 7 aromatic rings. The van der Waals surface area contributed by atoms with Crippen molar-refractivity contribution in [3.63, 3.8) is 0 Å². The van der Waals surface area contributed by atoms with Crippen LogP contribution < -0.4 is 0 Å². The second-order valence-corrected chi connectivity index (χ2v) is 13.9. The van der Waals surface area contributed by atoms with Crippen LogP contribution in [0.5, 0.6) is 0 Å². The minimum Gasteiger partial charge on any atom is -0.311 e. The molecule has 0 saturated heterocycles. The molecule has 2 atom stereocenters. The topological polar surface area (TPSA) is 0 Å². The Balaban J connectivity index is 0.00000285. The molecule has 0 radical (unpaired) electrons. The monoisotopic (exact) mass is 690 g/mol. The van der Waals surface area contributed by atoms with E-state index < -0.39 is 0 Å². The van der Waals surface area contributed by atoms with Crippen LogP contribution in [0.15, 0.2) is 140 Å². The Morgan fingerprint density at radius 3 is 1.70 bits per heavy atom. The third-order valence-corrected chi connectivity index (χ3v) is 12.0. The molecule has 226 valence electrons. The van der Waals surface area contributed by atoms with Gasteiger partial charge in [-0.25, -0.2) is 0 Å². The summed E-state index contributed by atoms with van der Waals surface area (Å²) in [6.07, 6.45) is 3.80. The summed E-state index contributed by atoms with van der Waals surface area (Å²) in [6, 6.07) is 57.0. The van der Waals surface area contributed by atoms with Crippen LogP contribution in [0, 0.1) is 12.5 Å². The molecule has 47 heavy (non-hydrogen) atoms. The van der Waals surface area contributed by atoms with Gasteiger partial charge in [0.25, 0.3) is 0 Å². The van der Waals surface area contributed by atoms with Gasteiger partial charge in [0.1, 0.15) is 0 Å². The van der Waals surface area contributed by atoms with Crippen molar-refractivity contribution >= 4 is 21.5 Å². The third-order valence-electron chi connectivity index (χ3n) is 12.0. The molecule has 7 aromatic carbocycles. The third kappa shape index (κ3) is 3.74. The predicted octanol–water partition coefficient (Wildman–Crippen LogP) is 11.1. The molecule has 4 bridgehead atoms. The van der Waals surface area contributed by atoms with Crippen molar-refractivity contribution in [1.29, 1.82) is 0 Å². The van der Waals surface area contributed by atoms with Crippen LogP contribution in [0.4, 0.5) is 0 Å². The van der Waals surface area contributed by atoms with Crippen molar-refractivity contribution in [2.75, 3.05) is 0 Å². The largest absolute Gasteiger partial charge is 2.00 e. The van der Waals surface area contributed by atoms with E-state index in [1.54, 1.807) is 0 Å². The Hall–Kier alpha value is -4.28. The van der Waals surface area contributed by atoms with Crippen LogP contribution in [0.1, 0.15) is 97.6 Å². The van der Waals surface area contributed by atoms with Gasteiger partial charge in [0, 0.05) is 11.8 Å². The fourth-order valence-corrected chi connectivity index (χ4v) is 10.4. The number of hydrogen-bond donors (Lipinski definition) is 0. The first-order valence-electron chi connectivity index (χ1n) is 16.9. The normalized spacial score (nSPS) is 24.3. The van der Waals surface area contributed by atoms with Gasteiger partial charge < -0.3 is 6.42 Å². The second-order valence-electron chi connectivity index (χ2n) is 13.9. The zero-order chi connectivity index (χ0) is 29.9. The Morgan fingerprint density at radius 1 is 0.532 bits per heavy atom. The summed E-state index contributed by atoms with van der Waals surface area (Å²) in [5, 5.41) is 5.54. The summed E-state index contributed by atoms with van der Waals surface area (Å²) >= 11 is 0. The minimum absolute atomic E-state index is 0. The molecule has 0 N–H and O–H groups in total. The molecule has 0 aliphatic heterocycles. The molecule has 0 saturated carbocycles. The summed E-state index contributed by atoms with van der Waals surface area (Å²) in [7, 11) is 0. The average molecular weight is 691 g/mol. The van der Waals surface area contributed by atoms with Gasteiger partial charge in [-0.15, -0.1) is 16.7 Å². The quantitative estimate of drug-likeness (QED) is 0.0962. The standard InChI is InChI=1S/C46H32.Pd/c1-2-14-29-27(12-1)24-28-13-11-23-38(41-25-39-30-15-3-7-19-34(30)44(41)35-20-8-4-16-31(35)39)43(28)46(29)42-26-40-32-17-5-9-21-36(32)45(42)37-22-10-6-18-33(37)40;/h1-22,24-25,39-42,44-45H,26H2;/q-2;+2. The summed E-state index contributed by atoms with van der Waals surface area (Å²) < 4.78 is 0. The average Bonchev–Trinajstić information content (AvgIpc) is 3.13. The van der Waals surface area contributed by atoms with Crippen LogP contribution in [-0.4, -0.2) is 0 Å². The SMILES string of the molecule is [Pd+2].[c-]1ccc2cc3ccccc3c(C3CC4c5ccccc5C3c3ccccc34)c2c1C1[CH-]C2c3ccccc3C1c1ccccc12. The maximum atomic E-state index is 3.92. The maximum absolute atomic E-state index is 3.92. The smallest absolute Gasteiger partial charge is 0.311 e. The van der Waals surface area contributed by atoms with Crippen molar-refractivity contribution in [1.82, 2.24) is 0 Å². The van der Waals surface area contributed by atoms with Crippen molar-refractivity contribution < 1.29 is 20.4 Å². The van der Waals surface area contributed by atoms with Crippen LogP contribution in [-0.2, 0) is 20.4 Å². The van der Waals surface area contributed by atoms with Gasteiger partial charge in [0.2, 0.25) is 0 Å². The molecular formula is C46H32Pd. The van der Waals surface area contributed by atoms with Gasteiger partial charge in [-0.05, 0) is 62.4 Å². The summed E-state index contributed by atoms with van der Waals surface area (Å²) in [6.45, 7) is 0. The zero-order valence-corrected chi connectivity index (χ0v) is 27.4. The molecular weight excluding hydrogens is 659 g/mol. The van der Waals surface area contributed by atoms with Gasteiger partial charge in [-0.3, -0.25) is 0 Å². The zero-order valence-electron chi connectivity index (χ0n) is 25.8. The first-order chi connectivity index (χ1) is 22.8. The molecule has 1 heteroatoms. The molecule has 13 rings (SSSR count). The molecule has 0 amide bonds. The first kappa shape index (κ1) is 27.8. The Kier molecular flexibility index (Phi) is 6.13. The molecule has 0 fully saturated rings. The minimum atomic E-state index is 0. The molecule has 0 nitrogen and oxygen atoms in total.